The van der Waals surface area contributed by atoms with Gasteiger partial charge in [0, 0.05) is 5.02 Å². The number of carbonyl (C=O) groups excluding carboxylic acids is 2. The number of rotatable bonds is 6. The largest absolute Gasteiger partial charge is 0.490 e. The molecule has 0 aliphatic carbocycles. The van der Waals surface area contributed by atoms with Crippen LogP contribution in [0.1, 0.15) is 35.3 Å². The zero-order chi connectivity index (χ0) is 20.0. The third-order valence-electron chi connectivity index (χ3n) is 3.59. The second-order valence-electron chi connectivity index (χ2n) is 6.32. The fourth-order valence-corrected chi connectivity index (χ4v) is 2.49. The lowest BCUT2D eigenvalue weighted by atomic mass is 10.1. The van der Waals surface area contributed by atoms with Gasteiger partial charge in [0.15, 0.2) is 6.61 Å². The molecule has 0 heterocycles. The molecule has 0 bridgehead atoms. The first-order valence-corrected chi connectivity index (χ1v) is 8.90. The first-order valence-electron chi connectivity index (χ1n) is 8.52. The van der Waals surface area contributed by atoms with Gasteiger partial charge in [-0.1, -0.05) is 23.7 Å². The van der Waals surface area contributed by atoms with E-state index in [1.54, 1.807) is 36.4 Å². The van der Waals surface area contributed by atoms with Crippen molar-refractivity contribution in [2.75, 3.05) is 6.61 Å². The normalized spacial score (nSPS) is 10.4. The van der Waals surface area contributed by atoms with Gasteiger partial charge in [-0.05, 0) is 63.1 Å². The molecular weight excluding hydrogens is 368 g/mol. The van der Waals surface area contributed by atoms with Gasteiger partial charge in [0.1, 0.15) is 11.5 Å². The molecule has 2 rings (SSSR count). The Kier molecular flexibility index (Phi) is 7.07. The number of hydrogen-bond donors (Lipinski definition) is 2. The fraction of sp³-hybridized carbons (Fsp3) is 0.300. The Labute approximate surface area is 163 Å². The molecule has 0 radical (unpaired) electrons. The van der Waals surface area contributed by atoms with Crippen molar-refractivity contribution in [1.82, 2.24) is 10.9 Å². The van der Waals surface area contributed by atoms with Crippen molar-refractivity contribution in [1.29, 1.82) is 0 Å². The third kappa shape index (κ3) is 5.89. The van der Waals surface area contributed by atoms with Gasteiger partial charge in [-0.2, -0.15) is 0 Å². The Balaban J connectivity index is 1.90. The zero-order valence-electron chi connectivity index (χ0n) is 15.8. The van der Waals surface area contributed by atoms with Crippen LogP contribution in [0.2, 0.25) is 5.02 Å². The summed E-state index contributed by atoms with van der Waals surface area (Å²) in [4.78, 5) is 24.2. The summed E-state index contributed by atoms with van der Waals surface area (Å²) in [6.45, 7) is 7.21. The van der Waals surface area contributed by atoms with Crippen LogP contribution in [0.3, 0.4) is 0 Å². The highest BCUT2D eigenvalue weighted by Crippen LogP contribution is 2.25. The maximum atomic E-state index is 12.3. The lowest BCUT2D eigenvalue weighted by molar-refractivity contribution is -0.123. The molecule has 0 fully saturated rings. The topological polar surface area (TPSA) is 76.7 Å². The highest BCUT2D eigenvalue weighted by Gasteiger charge is 2.14. The number of para-hydroxylation sites is 1. The molecule has 0 atom stereocenters. The van der Waals surface area contributed by atoms with Gasteiger partial charge in [0.25, 0.3) is 11.8 Å². The van der Waals surface area contributed by atoms with E-state index in [0.717, 1.165) is 11.1 Å². The number of ether oxygens (including phenoxy) is 2. The molecule has 7 heteroatoms. The summed E-state index contributed by atoms with van der Waals surface area (Å²) in [5.41, 5.74) is 6.74. The van der Waals surface area contributed by atoms with E-state index in [4.69, 9.17) is 21.1 Å². The van der Waals surface area contributed by atoms with E-state index in [2.05, 4.69) is 10.9 Å². The van der Waals surface area contributed by atoms with Crippen LogP contribution < -0.4 is 20.3 Å². The van der Waals surface area contributed by atoms with E-state index in [1.807, 2.05) is 27.7 Å². The fourth-order valence-electron chi connectivity index (χ4n) is 2.38. The smallest absolute Gasteiger partial charge is 0.276 e. The lowest BCUT2D eigenvalue weighted by Gasteiger charge is -2.14. The molecule has 0 saturated heterocycles. The predicted molar refractivity (Wildman–Crippen MR) is 104 cm³/mol. The van der Waals surface area contributed by atoms with Crippen molar-refractivity contribution in [3.05, 3.63) is 58.1 Å². The molecule has 2 aromatic carbocycles. The number of hydrogen-bond acceptors (Lipinski definition) is 4. The Morgan fingerprint density at radius 3 is 2.33 bits per heavy atom. The van der Waals surface area contributed by atoms with Crippen molar-refractivity contribution in [2.45, 2.75) is 33.8 Å². The molecule has 6 nitrogen and oxygen atoms in total. The van der Waals surface area contributed by atoms with Crippen LogP contribution in [0.5, 0.6) is 11.5 Å². The van der Waals surface area contributed by atoms with Gasteiger partial charge in [-0.3, -0.25) is 20.4 Å². The quantitative estimate of drug-likeness (QED) is 0.739. The van der Waals surface area contributed by atoms with Crippen LogP contribution in [0.4, 0.5) is 0 Å². The van der Waals surface area contributed by atoms with E-state index in [9.17, 15) is 9.59 Å². The van der Waals surface area contributed by atoms with Crippen LogP contribution in [-0.2, 0) is 4.79 Å². The number of halogens is 1. The highest BCUT2D eigenvalue weighted by molar-refractivity contribution is 6.32. The molecule has 2 amide bonds. The molecule has 144 valence electrons. The maximum absolute atomic E-state index is 12.3. The minimum Gasteiger partial charge on any atom is -0.490 e. The van der Waals surface area contributed by atoms with E-state index >= 15 is 0 Å². The van der Waals surface area contributed by atoms with Crippen molar-refractivity contribution in [3.63, 3.8) is 0 Å². The van der Waals surface area contributed by atoms with Crippen molar-refractivity contribution >= 4 is 23.4 Å². The van der Waals surface area contributed by atoms with Crippen LogP contribution in [0.15, 0.2) is 36.4 Å². The Hall–Kier alpha value is -2.73. The van der Waals surface area contributed by atoms with Gasteiger partial charge in [0.2, 0.25) is 0 Å². The number of hydrazine groups is 1. The Bertz CT molecular complexity index is 813. The molecule has 0 aromatic heterocycles. The first kappa shape index (κ1) is 20.6. The van der Waals surface area contributed by atoms with Gasteiger partial charge in [-0.25, -0.2) is 0 Å². The number of benzene rings is 2. The monoisotopic (exact) mass is 390 g/mol. The molecule has 0 saturated carbocycles. The average Bonchev–Trinajstić information content (AvgIpc) is 2.62. The van der Waals surface area contributed by atoms with E-state index in [1.165, 1.54) is 0 Å². The minimum absolute atomic E-state index is 0.0757. The van der Waals surface area contributed by atoms with Gasteiger partial charge >= 0.3 is 0 Å². The Morgan fingerprint density at radius 2 is 1.70 bits per heavy atom. The summed E-state index contributed by atoms with van der Waals surface area (Å²) >= 11 is 6.11. The summed E-state index contributed by atoms with van der Waals surface area (Å²) < 4.78 is 11.1. The van der Waals surface area contributed by atoms with E-state index in [-0.39, 0.29) is 12.7 Å². The summed E-state index contributed by atoms with van der Waals surface area (Å²) in [5.74, 6) is 0.0165. The molecule has 0 unspecified atom stereocenters. The summed E-state index contributed by atoms with van der Waals surface area (Å²) in [6.07, 6.45) is -0.0757. The minimum atomic E-state index is -0.490. The van der Waals surface area contributed by atoms with Crippen LogP contribution in [-0.4, -0.2) is 24.5 Å². The molecule has 27 heavy (non-hydrogen) atoms. The standard InChI is InChI=1S/C20H23ClN2O4/c1-12(2)27-17-8-6-5-7-16(17)20(25)23-22-18(24)11-26-15-9-13(3)19(21)14(4)10-15/h5-10,12H,11H2,1-4H3,(H,22,24)(H,23,25). The highest BCUT2D eigenvalue weighted by atomic mass is 35.5. The van der Waals surface area contributed by atoms with Crippen molar-refractivity contribution in [2.24, 2.45) is 0 Å². The second kappa shape index (κ2) is 9.28. The van der Waals surface area contributed by atoms with Crippen LogP contribution in [0, 0.1) is 13.8 Å². The number of amides is 2. The molecular formula is C20H23ClN2O4. The lowest BCUT2D eigenvalue weighted by Crippen LogP contribution is -2.44. The van der Waals surface area contributed by atoms with Crippen molar-refractivity contribution < 1.29 is 19.1 Å². The predicted octanol–water partition coefficient (Wildman–Crippen LogP) is 3.58. The van der Waals surface area contributed by atoms with Crippen LogP contribution >= 0.6 is 11.6 Å². The summed E-state index contributed by atoms with van der Waals surface area (Å²) in [6, 6.07) is 10.3. The number of carbonyl (C=O) groups is 2. The Morgan fingerprint density at radius 1 is 1.07 bits per heavy atom. The second-order valence-corrected chi connectivity index (χ2v) is 6.70. The SMILES string of the molecule is Cc1cc(OCC(=O)NNC(=O)c2ccccc2OC(C)C)cc(C)c1Cl. The first-order chi connectivity index (χ1) is 12.8. The van der Waals surface area contributed by atoms with E-state index < -0.39 is 11.8 Å². The molecule has 2 N–H and O–H groups in total. The van der Waals surface area contributed by atoms with Gasteiger partial charge < -0.3 is 9.47 Å². The molecule has 0 aliphatic heterocycles. The zero-order valence-corrected chi connectivity index (χ0v) is 16.5. The van der Waals surface area contributed by atoms with Crippen molar-refractivity contribution in [3.8, 4) is 11.5 Å². The average molecular weight is 391 g/mol. The molecule has 2 aromatic rings. The van der Waals surface area contributed by atoms with Crippen LogP contribution in [0.25, 0.3) is 0 Å². The van der Waals surface area contributed by atoms with E-state index in [0.29, 0.717) is 22.1 Å². The summed E-state index contributed by atoms with van der Waals surface area (Å²) in [7, 11) is 0. The maximum Gasteiger partial charge on any atom is 0.276 e. The number of aryl methyl sites for hydroxylation is 2. The summed E-state index contributed by atoms with van der Waals surface area (Å²) in [5, 5.41) is 0.668. The third-order valence-corrected chi connectivity index (χ3v) is 4.19. The van der Waals surface area contributed by atoms with Gasteiger partial charge in [-0.15, -0.1) is 0 Å². The van der Waals surface area contributed by atoms with Gasteiger partial charge in [0.05, 0.1) is 11.7 Å². The number of nitrogens with one attached hydrogen (secondary N) is 2. The molecule has 0 aliphatic rings. The molecule has 0 spiro atoms.